The first-order valence-corrected chi connectivity index (χ1v) is 11.6. The zero-order valence-corrected chi connectivity index (χ0v) is 18.9. The van der Waals surface area contributed by atoms with Gasteiger partial charge in [-0.05, 0) is 49.4 Å². The second-order valence-corrected chi connectivity index (χ2v) is 9.90. The van der Waals surface area contributed by atoms with Crippen molar-refractivity contribution in [2.24, 2.45) is 35.5 Å². The van der Waals surface area contributed by atoms with Crippen molar-refractivity contribution in [3.63, 3.8) is 0 Å². The third-order valence-electron chi connectivity index (χ3n) is 8.94. The number of methoxy groups -OCH3 is 4. The second-order valence-electron chi connectivity index (χ2n) is 9.90. The summed E-state index contributed by atoms with van der Waals surface area (Å²) in [5, 5.41) is 0. The molecule has 0 spiro atoms. The molecule has 2 saturated heterocycles. The van der Waals surface area contributed by atoms with Crippen LogP contribution in [0.5, 0.6) is 0 Å². The molecule has 31 heavy (non-hydrogen) atoms. The minimum atomic E-state index is -0.149. The molecule has 8 nitrogen and oxygen atoms in total. The van der Waals surface area contributed by atoms with Crippen molar-refractivity contribution < 1.29 is 38.0 Å². The van der Waals surface area contributed by atoms with E-state index in [1.807, 2.05) is 0 Å². The molecule has 2 heterocycles. The fourth-order valence-corrected chi connectivity index (χ4v) is 7.72. The lowest BCUT2D eigenvalue weighted by Gasteiger charge is -2.55. The minimum absolute atomic E-state index is 0.00890. The Morgan fingerprint density at radius 3 is 1.94 bits per heavy atom. The summed E-state index contributed by atoms with van der Waals surface area (Å²) >= 11 is 0. The van der Waals surface area contributed by atoms with E-state index in [-0.39, 0.29) is 66.3 Å². The van der Waals surface area contributed by atoms with Gasteiger partial charge in [-0.1, -0.05) is 0 Å². The summed E-state index contributed by atoms with van der Waals surface area (Å²) in [5.41, 5.74) is 0. The van der Waals surface area contributed by atoms with E-state index in [1.54, 1.807) is 28.4 Å². The first kappa shape index (κ1) is 22.0. The Labute approximate surface area is 184 Å². The van der Waals surface area contributed by atoms with Gasteiger partial charge in [-0.3, -0.25) is 4.79 Å². The standard InChI is InChI=1S/C23H36O8/c1-25-17-5-11(6-18(26-2)22(17)28-4)19-12-7-15-16(31-10-30-15)8-13(12)21(27-3)14-9-29-23(24)20(14)19/h11-22H,5-10H2,1-4H3/t11?,12?,13?,14?,15?,16?,17?,18?,19-,20?,21+,22?/m1/s1. The van der Waals surface area contributed by atoms with Crippen molar-refractivity contribution in [1.29, 1.82) is 0 Å². The number of hydrogen-bond donors (Lipinski definition) is 0. The van der Waals surface area contributed by atoms with E-state index in [2.05, 4.69) is 0 Å². The third kappa shape index (κ3) is 3.54. The number of hydrogen-bond acceptors (Lipinski definition) is 8. The number of esters is 1. The van der Waals surface area contributed by atoms with Gasteiger partial charge in [-0.2, -0.15) is 0 Å². The maximum atomic E-state index is 13.0. The first-order valence-electron chi connectivity index (χ1n) is 11.6. The molecule has 0 aromatic rings. The average Bonchev–Trinajstić information content (AvgIpc) is 3.41. The molecular weight excluding hydrogens is 404 g/mol. The van der Waals surface area contributed by atoms with Crippen LogP contribution in [-0.2, 0) is 38.0 Å². The highest BCUT2D eigenvalue weighted by Gasteiger charge is 2.62. The Kier molecular flexibility index (Phi) is 6.31. The molecule has 3 aliphatic carbocycles. The van der Waals surface area contributed by atoms with E-state index in [0.29, 0.717) is 25.2 Å². The Morgan fingerprint density at radius 1 is 0.742 bits per heavy atom. The van der Waals surface area contributed by atoms with Crippen LogP contribution in [-0.4, -0.2) is 84.4 Å². The van der Waals surface area contributed by atoms with Gasteiger partial charge in [0.05, 0.1) is 43.0 Å². The van der Waals surface area contributed by atoms with Crippen LogP contribution in [0.15, 0.2) is 0 Å². The van der Waals surface area contributed by atoms with Crippen LogP contribution in [0.2, 0.25) is 0 Å². The fourth-order valence-electron chi connectivity index (χ4n) is 7.72. The molecule has 10 atom stereocenters. The molecule has 5 rings (SSSR count). The van der Waals surface area contributed by atoms with E-state index in [4.69, 9.17) is 33.2 Å². The number of carbonyl (C=O) groups excluding carboxylic acids is 1. The second kappa shape index (κ2) is 8.88. The van der Waals surface area contributed by atoms with Crippen LogP contribution in [0.1, 0.15) is 25.7 Å². The zero-order valence-electron chi connectivity index (χ0n) is 18.9. The Bertz CT molecular complexity index is 643. The number of rotatable bonds is 5. The van der Waals surface area contributed by atoms with E-state index in [0.717, 1.165) is 25.7 Å². The maximum Gasteiger partial charge on any atom is 0.309 e. The van der Waals surface area contributed by atoms with E-state index < -0.39 is 0 Å². The molecular formula is C23H36O8. The Hall–Kier alpha value is -0.770. The molecule has 0 radical (unpaired) electrons. The summed E-state index contributed by atoms with van der Waals surface area (Å²) in [5.74, 6) is 0.986. The predicted molar refractivity (Wildman–Crippen MR) is 108 cm³/mol. The first-order chi connectivity index (χ1) is 15.1. The van der Waals surface area contributed by atoms with E-state index in [9.17, 15) is 4.79 Å². The summed E-state index contributed by atoms with van der Waals surface area (Å²) in [4.78, 5) is 13.0. The largest absolute Gasteiger partial charge is 0.465 e. The number of fused-ring (bicyclic) bond motifs is 3. The van der Waals surface area contributed by atoms with Gasteiger partial charge in [0.15, 0.2) is 0 Å². The van der Waals surface area contributed by atoms with Gasteiger partial charge in [0.1, 0.15) is 12.9 Å². The lowest BCUT2D eigenvalue weighted by atomic mass is 9.52. The van der Waals surface area contributed by atoms with Gasteiger partial charge in [0, 0.05) is 34.4 Å². The molecule has 5 aliphatic rings. The molecule has 0 bridgehead atoms. The molecule has 0 amide bonds. The van der Waals surface area contributed by atoms with Gasteiger partial charge < -0.3 is 33.2 Å². The fraction of sp³-hybridized carbons (Fsp3) is 0.957. The molecule has 3 saturated carbocycles. The molecule has 0 N–H and O–H groups in total. The molecule has 0 aromatic heterocycles. The molecule has 8 heteroatoms. The SMILES string of the molecule is COC1CC([C@@H]2C3CC4OCOC4CC3[C@H](OC)C3COC(=O)C32)CC(OC)C1OC. The monoisotopic (exact) mass is 440 g/mol. The highest BCUT2D eigenvalue weighted by atomic mass is 16.7. The molecule has 8 unspecified atom stereocenters. The lowest BCUT2D eigenvalue weighted by Crippen LogP contribution is -2.59. The van der Waals surface area contributed by atoms with Crippen LogP contribution in [0.4, 0.5) is 0 Å². The van der Waals surface area contributed by atoms with Crippen LogP contribution >= 0.6 is 0 Å². The van der Waals surface area contributed by atoms with E-state index in [1.165, 1.54) is 0 Å². The topological polar surface area (TPSA) is 81.7 Å². The third-order valence-corrected chi connectivity index (χ3v) is 8.94. The number of ether oxygens (including phenoxy) is 7. The summed E-state index contributed by atoms with van der Waals surface area (Å²) in [6, 6.07) is 0. The Balaban J connectivity index is 1.49. The molecule has 5 fully saturated rings. The smallest absolute Gasteiger partial charge is 0.309 e. The van der Waals surface area contributed by atoms with Gasteiger partial charge >= 0.3 is 5.97 Å². The average molecular weight is 441 g/mol. The highest BCUT2D eigenvalue weighted by molar-refractivity contribution is 5.75. The quantitative estimate of drug-likeness (QED) is 0.597. The Morgan fingerprint density at radius 2 is 1.35 bits per heavy atom. The highest BCUT2D eigenvalue weighted by Crippen LogP contribution is 2.57. The van der Waals surface area contributed by atoms with Crippen LogP contribution in [0, 0.1) is 35.5 Å². The zero-order chi connectivity index (χ0) is 21.7. The van der Waals surface area contributed by atoms with Gasteiger partial charge in [-0.25, -0.2) is 0 Å². The number of cyclic esters (lactones) is 1. The van der Waals surface area contributed by atoms with Crippen molar-refractivity contribution in [3.8, 4) is 0 Å². The number of carbonyl (C=O) groups is 1. The van der Waals surface area contributed by atoms with E-state index >= 15 is 0 Å². The van der Waals surface area contributed by atoms with Crippen molar-refractivity contribution >= 4 is 5.97 Å². The molecule has 176 valence electrons. The van der Waals surface area contributed by atoms with Crippen LogP contribution in [0.3, 0.4) is 0 Å². The van der Waals surface area contributed by atoms with Crippen molar-refractivity contribution in [2.45, 2.75) is 62.3 Å². The molecule has 0 aromatic carbocycles. The van der Waals surface area contributed by atoms with Crippen molar-refractivity contribution in [2.75, 3.05) is 41.8 Å². The summed E-state index contributed by atoms with van der Waals surface area (Å²) < 4.78 is 40.9. The van der Waals surface area contributed by atoms with Crippen LogP contribution < -0.4 is 0 Å². The van der Waals surface area contributed by atoms with Gasteiger partial charge in [0.25, 0.3) is 0 Å². The summed E-state index contributed by atoms with van der Waals surface area (Å²) in [7, 11) is 6.95. The maximum absolute atomic E-state index is 13.0. The van der Waals surface area contributed by atoms with Crippen molar-refractivity contribution in [3.05, 3.63) is 0 Å². The normalized spacial score (nSPS) is 51.7. The summed E-state index contributed by atoms with van der Waals surface area (Å²) in [6.45, 7) is 0.810. The van der Waals surface area contributed by atoms with Crippen molar-refractivity contribution in [1.82, 2.24) is 0 Å². The van der Waals surface area contributed by atoms with Gasteiger partial charge in [0.2, 0.25) is 0 Å². The summed E-state index contributed by atoms with van der Waals surface area (Å²) in [6.07, 6.45) is 3.51. The molecule has 2 aliphatic heterocycles. The van der Waals surface area contributed by atoms with Gasteiger partial charge in [-0.15, -0.1) is 0 Å². The predicted octanol–water partition coefficient (Wildman–Crippen LogP) is 1.64. The lowest BCUT2D eigenvalue weighted by molar-refractivity contribution is -0.179. The minimum Gasteiger partial charge on any atom is -0.465 e. The van der Waals surface area contributed by atoms with Crippen LogP contribution in [0.25, 0.3) is 0 Å².